The molecule has 0 amide bonds. The zero-order valence-corrected chi connectivity index (χ0v) is 8.51. The minimum absolute atomic E-state index is 0.0519. The standard InChI is InChI=1S/C11H14F3N/c1-2-10(11(12,13)14)15-8-9-6-4-3-5-7-9/h3-7,10,15H,2,8H2,1H3/t10-/m0/s1. The Morgan fingerprint density at radius 2 is 1.80 bits per heavy atom. The Kier molecular flexibility index (Phi) is 4.15. The molecule has 0 saturated carbocycles. The molecule has 1 aromatic rings. The lowest BCUT2D eigenvalue weighted by Crippen LogP contribution is -2.41. The van der Waals surface area contributed by atoms with Crippen LogP contribution in [-0.4, -0.2) is 12.2 Å². The first kappa shape index (κ1) is 12.0. The van der Waals surface area contributed by atoms with Crippen molar-refractivity contribution in [3.05, 3.63) is 35.9 Å². The van der Waals surface area contributed by atoms with Crippen LogP contribution in [0.15, 0.2) is 30.3 Å². The van der Waals surface area contributed by atoms with Crippen LogP contribution in [0, 0.1) is 0 Å². The van der Waals surface area contributed by atoms with Crippen molar-refractivity contribution in [2.75, 3.05) is 0 Å². The van der Waals surface area contributed by atoms with Gasteiger partial charge in [0.15, 0.2) is 0 Å². The third-order valence-electron chi connectivity index (χ3n) is 2.20. The average Bonchev–Trinajstić information content (AvgIpc) is 2.18. The number of hydrogen-bond donors (Lipinski definition) is 1. The summed E-state index contributed by atoms with van der Waals surface area (Å²) < 4.78 is 37.1. The van der Waals surface area contributed by atoms with Crippen LogP contribution in [0.4, 0.5) is 13.2 Å². The summed E-state index contributed by atoms with van der Waals surface area (Å²) >= 11 is 0. The summed E-state index contributed by atoms with van der Waals surface area (Å²) in [6.45, 7) is 1.77. The molecule has 1 atom stereocenters. The molecule has 0 aliphatic carbocycles. The third-order valence-corrected chi connectivity index (χ3v) is 2.20. The molecule has 1 nitrogen and oxygen atoms in total. The number of nitrogens with one attached hydrogen (secondary N) is 1. The highest BCUT2D eigenvalue weighted by Gasteiger charge is 2.37. The molecule has 4 heteroatoms. The molecule has 0 spiro atoms. The van der Waals surface area contributed by atoms with E-state index in [1.165, 1.54) is 6.92 Å². The van der Waals surface area contributed by atoms with E-state index in [1.54, 1.807) is 12.1 Å². The number of benzene rings is 1. The van der Waals surface area contributed by atoms with Gasteiger partial charge in [-0.25, -0.2) is 0 Å². The lowest BCUT2D eigenvalue weighted by Gasteiger charge is -2.19. The summed E-state index contributed by atoms with van der Waals surface area (Å²) in [6.07, 6.45) is -4.11. The molecule has 15 heavy (non-hydrogen) atoms. The minimum Gasteiger partial charge on any atom is -0.302 e. The molecule has 0 aliphatic rings. The quantitative estimate of drug-likeness (QED) is 0.817. The molecule has 0 fully saturated rings. The van der Waals surface area contributed by atoms with Gasteiger partial charge in [0.1, 0.15) is 6.04 Å². The van der Waals surface area contributed by atoms with Gasteiger partial charge in [0.2, 0.25) is 0 Å². The number of alkyl halides is 3. The van der Waals surface area contributed by atoms with E-state index in [-0.39, 0.29) is 13.0 Å². The second-order valence-electron chi connectivity index (χ2n) is 3.37. The van der Waals surface area contributed by atoms with E-state index >= 15 is 0 Å². The number of rotatable bonds is 4. The predicted molar refractivity (Wildman–Crippen MR) is 53.4 cm³/mol. The summed E-state index contributed by atoms with van der Waals surface area (Å²) in [6, 6.07) is 7.64. The Hall–Kier alpha value is -1.03. The highest BCUT2D eigenvalue weighted by molar-refractivity contribution is 5.14. The predicted octanol–water partition coefficient (Wildman–Crippen LogP) is 3.12. The van der Waals surface area contributed by atoms with Gasteiger partial charge in [0.25, 0.3) is 0 Å². The molecule has 84 valence electrons. The number of halogens is 3. The van der Waals surface area contributed by atoms with Gasteiger partial charge in [-0.1, -0.05) is 37.3 Å². The van der Waals surface area contributed by atoms with Gasteiger partial charge in [-0.2, -0.15) is 13.2 Å². The van der Waals surface area contributed by atoms with Gasteiger partial charge in [-0.15, -0.1) is 0 Å². The normalized spacial score (nSPS) is 13.9. The van der Waals surface area contributed by atoms with Gasteiger partial charge in [-0.05, 0) is 12.0 Å². The molecule has 0 aromatic heterocycles. The van der Waals surface area contributed by atoms with E-state index in [1.807, 2.05) is 18.2 Å². The van der Waals surface area contributed by atoms with Crippen LogP contribution in [0.3, 0.4) is 0 Å². The molecule has 0 heterocycles. The summed E-state index contributed by atoms with van der Waals surface area (Å²) in [7, 11) is 0. The second-order valence-corrected chi connectivity index (χ2v) is 3.37. The van der Waals surface area contributed by atoms with Gasteiger partial charge < -0.3 is 5.32 Å². The van der Waals surface area contributed by atoms with Crippen molar-refractivity contribution in [2.24, 2.45) is 0 Å². The molecule has 0 unspecified atom stereocenters. The molecule has 0 saturated heterocycles. The first-order valence-corrected chi connectivity index (χ1v) is 4.88. The first-order chi connectivity index (χ1) is 7.04. The van der Waals surface area contributed by atoms with Crippen molar-refractivity contribution in [3.63, 3.8) is 0 Å². The molecule has 0 aliphatic heterocycles. The lowest BCUT2D eigenvalue weighted by molar-refractivity contribution is -0.156. The zero-order chi connectivity index (χ0) is 11.3. The van der Waals surface area contributed by atoms with Crippen molar-refractivity contribution >= 4 is 0 Å². The van der Waals surface area contributed by atoms with E-state index < -0.39 is 12.2 Å². The molecular weight excluding hydrogens is 203 g/mol. The maximum atomic E-state index is 12.4. The van der Waals surface area contributed by atoms with Gasteiger partial charge in [0, 0.05) is 6.54 Å². The van der Waals surface area contributed by atoms with E-state index in [9.17, 15) is 13.2 Å². The van der Waals surface area contributed by atoms with Crippen LogP contribution in [0.5, 0.6) is 0 Å². The van der Waals surface area contributed by atoms with Crippen LogP contribution in [0.2, 0.25) is 0 Å². The topological polar surface area (TPSA) is 12.0 Å². The Morgan fingerprint density at radius 1 is 1.20 bits per heavy atom. The van der Waals surface area contributed by atoms with Crippen molar-refractivity contribution < 1.29 is 13.2 Å². The van der Waals surface area contributed by atoms with E-state index in [0.29, 0.717) is 0 Å². The summed E-state index contributed by atoms with van der Waals surface area (Å²) in [5.74, 6) is 0. The van der Waals surface area contributed by atoms with Crippen LogP contribution in [0.25, 0.3) is 0 Å². The van der Waals surface area contributed by atoms with Crippen molar-refractivity contribution in [1.82, 2.24) is 5.32 Å². The largest absolute Gasteiger partial charge is 0.403 e. The van der Waals surface area contributed by atoms with Crippen molar-refractivity contribution in [1.29, 1.82) is 0 Å². The van der Waals surface area contributed by atoms with Crippen LogP contribution >= 0.6 is 0 Å². The van der Waals surface area contributed by atoms with E-state index in [2.05, 4.69) is 5.32 Å². The summed E-state index contributed by atoms with van der Waals surface area (Å²) in [4.78, 5) is 0. The fourth-order valence-electron chi connectivity index (χ4n) is 1.33. The maximum Gasteiger partial charge on any atom is 0.403 e. The van der Waals surface area contributed by atoms with Crippen LogP contribution in [-0.2, 0) is 6.54 Å². The van der Waals surface area contributed by atoms with Crippen LogP contribution in [0.1, 0.15) is 18.9 Å². The first-order valence-electron chi connectivity index (χ1n) is 4.88. The van der Waals surface area contributed by atoms with Crippen molar-refractivity contribution in [3.8, 4) is 0 Å². The third kappa shape index (κ3) is 3.91. The smallest absolute Gasteiger partial charge is 0.302 e. The highest BCUT2D eigenvalue weighted by Crippen LogP contribution is 2.22. The Labute approximate surface area is 87.3 Å². The van der Waals surface area contributed by atoms with E-state index in [4.69, 9.17) is 0 Å². The fourth-order valence-corrected chi connectivity index (χ4v) is 1.33. The van der Waals surface area contributed by atoms with Gasteiger partial charge in [-0.3, -0.25) is 0 Å². The molecule has 0 radical (unpaired) electrons. The zero-order valence-electron chi connectivity index (χ0n) is 8.51. The molecular formula is C11H14F3N. The van der Waals surface area contributed by atoms with Crippen LogP contribution < -0.4 is 5.32 Å². The molecule has 1 aromatic carbocycles. The molecule has 1 rings (SSSR count). The SMILES string of the molecule is CC[C@H](NCc1ccccc1)C(F)(F)F. The van der Waals surface area contributed by atoms with Gasteiger partial charge in [0.05, 0.1) is 0 Å². The fraction of sp³-hybridized carbons (Fsp3) is 0.455. The lowest BCUT2D eigenvalue weighted by atomic mass is 10.2. The minimum atomic E-state index is -4.16. The Bertz CT molecular complexity index is 282. The monoisotopic (exact) mass is 217 g/mol. The highest BCUT2D eigenvalue weighted by atomic mass is 19.4. The molecule has 0 bridgehead atoms. The number of hydrogen-bond acceptors (Lipinski definition) is 1. The molecule has 1 N–H and O–H groups in total. The second kappa shape index (κ2) is 5.16. The van der Waals surface area contributed by atoms with E-state index in [0.717, 1.165) is 5.56 Å². The average molecular weight is 217 g/mol. The Balaban J connectivity index is 2.49. The van der Waals surface area contributed by atoms with Gasteiger partial charge >= 0.3 is 6.18 Å². The maximum absolute atomic E-state index is 12.4. The van der Waals surface area contributed by atoms with Crippen molar-refractivity contribution in [2.45, 2.75) is 32.1 Å². The Morgan fingerprint density at radius 3 is 2.27 bits per heavy atom. The summed E-state index contributed by atoms with van der Waals surface area (Å²) in [5, 5.41) is 2.50. The summed E-state index contributed by atoms with van der Waals surface area (Å²) in [5.41, 5.74) is 0.861.